The van der Waals surface area contributed by atoms with Gasteiger partial charge in [0, 0.05) is 19.5 Å². The molecule has 0 aromatic carbocycles. The van der Waals surface area contributed by atoms with Crippen LogP contribution in [0.1, 0.15) is 13.8 Å². The van der Waals surface area contributed by atoms with Crippen molar-refractivity contribution in [3.63, 3.8) is 0 Å². The Morgan fingerprint density at radius 3 is 2.69 bits per heavy atom. The number of rotatable bonds is 2. The highest BCUT2D eigenvalue weighted by Gasteiger charge is 2.26. The number of ether oxygens (including phenoxy) is 1. The minimum absolute atomic E-state index is 0.396. The minimum Gasteiger partial charge on any atom is -0.409 e. The molecule has 0 amide bonds. The third-order valence-electron chi connectivity index (χ3n) is 1.89. The largest absolute Gasteiger partial charge is 0.409 e. The first-order chi connectivity index (χ1) is 6.11. The maximum absolute atomic E-state index is 8.82. The van der Waals surface area contributed by atoms with E-state index < -0.39 is 5.60 Å². The maximum Gasteiger partial charge on any atom is 0.185 e. The van der Waals surface area contributed by atoms with Crippen LogP contribution < -0.4 is 0 Å². The Bertz CT molecular complexity index is 290. The first kappa shape index (κ1) is 9.73. The molecule has 13 heavy (non-hydrogen) atoms. The molecule has 0 saturated heterocycles. The van der Waals surface area contributed by atoms with Gasteiger partial charge in [-0.3, -0.25) is 4.57 Å². The number of nitrogens with zero attached hydrogens (tertiary/aromatic N) is 3. The van der Waals surface area contributed by atoms with Gasteiger partial charge in [-0.1, -0.05) is 5.16 Å². The van der Waals surface area contributed by atoms with Crippen molar-refractivity contribution in [2.45, 2.75) is 19.4 Å². The van der Waals surface area contributed by atoms with Crippen molar-refractivity contribution in [2.24, 2.45) is 5.16 Å². The van der Waals surface area contributed by atoms with Gasteiger partial charge in [0.25, 0.3) is 0 Å². The van der Waals surface area contributed by atoms with Crippen molar-refractivity contribution in [1.82, 2.24) is 9.55 Å². The molecule has 1 heterocycles. The molecule has 0 fully saturated rings. The van der Waals surface area contributed by atoms with Crippen molar-refractivity contribution < 1.29 is 9.94 Å². The molecule has 1 aromatic heterocycles. The van der Waals surface area contributed by atoms with E-state index in [1.54, 1.807) is 30.4 Å². The highest BCUT2D eigenvalue weighted by atomic mass is 16.5. The predicted octanol–water partition coefficient (Wildman–Crippen LogP) is 0.944. The highest BCUT2D eigenvalue weighted by molar-refractivity contribution is 5.91. The van der Waals surface area contributed by atoms with Crippen LogP contribution in [0, 0.1) is 0 Å². The fraction of sp³-hybridized carbons (Fsp3) is 0.500. The SMILES string of the molecule is COC(C)(C)/C(=N\O)n1ccnc1. The molecule has 1 N–H and O–H groups in total. The third kappa shape index (κ3) is 1.86. The Kier molecular flexibility index (Phi) is 2.67. The molecule has 0 saturated carbocycles. The second kappa shape index (κ2) is 3.57. The molecular weight excluding hydrogens is 170 g/mol. The molecule has 5 heteroatoms. The highest BCUT2D eigenvalue weighted by Crippen LogP contribution is 2.11. The summed E-state index contributed by atoms with van der Waals surface area (Å²) in [5.41, 5.74) is -0.643. The lowest BCUT2D eigenvalue weighted by molar-refractivity contribution is 0.0763. The van der Waals surface area contributed by atoms with Gasteiger partial charge in [-0.05, 0) is 13.8 Å². The van der Waals surface area contributed by atoms with Gasteiger partial charge in [0.2, 0.25) is 0 Å². The number of oxime groups is 1. The van der Waals surface area contributed by atoms with Gasteiger partial charge in [-0.25, -0.2) is 4.98 Å². The molecule has 0 radical (unpaired) electrons. The number of aromatic nitrogens is 2. The Morgan fingerprint density at radius 1 is 1.62 bits per heavy atom. The van der Waals surface area contributed by atoms with E-state index in [0.29, 0.717) is 5.84 Å². The van der Waals surface area contributed by atoms with E-state index in [1.165, 1.54) is 0 Å². The maximum atomic E-state index is 8.82. The van der Waals surface area contributed by atoms with Crippen molar-refractivity contribution in [2.75, 3.05) is 7.11 Å². The fourth-order valence-electron chi connectivity index (χ4n) is 0.959. The molecule has 1 aromatic rings. The predicted molar refractivity (Wildman–Crippen MR) is 47.9 cm³/mol. The number of methoxy groups -OCH3 is 1. The monoisotopic (exact) mass is 183 g/mol. The van der Waals surface area contributed by atoms with Crippen LogP contribution in [-0.4, -0.2) is 33.3 Å². The summed E-state index contributed by atoms with van der Waals surface area (Å²) in [6.07, 6.45) is 4.85. The van der Waals surface area contributed by atoms with E-state index in [2.05, 4.69) is 10.1 Å². The van der Waals surface area contributed by atoms with Crippen LogP contribution in [0.25, 0.3) is 0 Å². The third-order valence-corrected chi connectivity index (χ3v) is 1.89. The van der Waals surface area contributed by atoms with Gasteiger partial charge >= 0.3 is 0 Å². The summed E-state index contributed by atoms with van der Waals surface area (Å²) < 4.78 is 6.78. The average molecular weight is 183 g/mol. The summed E-state index contributed by atoms with van der Waals surface area (Å²) in [6.45, 7) is 3.62. The van der Waals surface area contributed by atoms with Crippen molar-refractivity contribution in [3.05, 3.63) is 18.7 Å². The van der Waals surface area contributed by atoms with Gasteiger partial charge < -0.3 is 9.94 Å². The molecule has 0 spiro atoms. The van der Waals surface area contributed by atoms with Crippen LogP contribution in [0.4, 0.5) is 0 Å². The van der Waals surface area contributed by atoms with Crippen LogP contribution in [0.3, 0.4) is 0 Å². The molecule has 0 unspecified atom stereocenters. The standard InChI is InChI=1S/C8H13N3O2/c1-8(2,13-3)7(10-12)11-5-4-9-6-11/h4-6,12H,1-3H3/b10-7+. The smallest absolute Gasteiger partial charge is 0.185 e. The molecule has 72 valence electrons. The molecule has 0 bridgehead atoms. The summed E-state index contributed by atoms with van der Waals surface area (Å²) in [6, 6.07) is 0. The molecule has 0 aliphatic heterocycles. The lowest BCUT2D eigenvalue weighted by Gasteiger charge is -2.23. The Morgan fingerprint density at radius 2 is 2.31 bits per heavy atom. The molecule has 0 aliphatic carbocycles. The molecular formula is C8H13N3O2. The molecule has 0 atom stereocenters. The van der Waals surface area contributed by atoms with E-state index in [4.69, 9.17) is 9.94 Å². The molecule has 1 rings (SSSR count). The zero-order valence-corrected chi connectivity index (χ0v) is 7.93. The Labute approximate surface area is 76.7 Å². The van der Waals surface area contributed by atoms with Gasteiger partial charge in [-0.15, -0.1) is 0 Å². The first-order valence-electron chi connectivity index (χ1n) is 3.88. The van der Waals surface area contributed by atoms with Crippen LogP contribution >= 0.6 is 0 Å². The zero-order chi connectivity index (χ0) is 9.90. The van der Waals surface area contributed by atoms with E-state index >= 15 is 0 Å². The second-order valence-corrected chi connectivity index (χ2v) is 3.11. The fourth-order valence-corrected chi connectivity index (χ4v) is 0.959. The van der Waals surface area contributed by atoms with Gasteiger partial charge in [0.05, 0.1) is 0 Å². The number of hydrogen-bond donors (Lipinski definition) is 1. The summed E-state index contributed by atoms with van der Waals surface area (Å²) >= 11 is 0. The quantitative estimate of drug-likeness (QED) is 0.321. The number of imidazole rings is 1. The van der Waals surface area contributed by atoms with Crippen molar-refractivity contribution in [3.8, 4) is 0 Å². The Hall–Kier alpha value is -1.36. The van der Waals surface area contributed by atoms with Crippen molar-refractivity contribution >= 4 is 5.84 Å². The normalized spacial score (nSPS) is 13.3. The summed E-state index contributed by atoms with van der Waals surface area (Å²) in [5.74, 6) is 0.396. The Balaban J connectivity index is 3.01. The van der Waals surface area contributed by atoms with E-state index in [0.717, 1.165) is 0 Å². The molecule has 5 nitrogen and oxygen atoms in total. The minimum atomic E-state index is -0.643. The lowest BCUT2D eigenvalue weighted by atomic mass is 10.1. The van der Waals surface area contributed by atoms with Gasteiger partial charge in [-0.2, -0.15) is 0 Å². The van der Waals surface area contributed by atoms with Crippen LogP contribution in [-0.2, 0) is 4.74 Å². The molecule has 0 aliphatic rings. The first-order valence-corrected chi connectivity index (χ1v) is 3.88. The second-order valence-electron chi connectivity index (χ2n) is 3.11. The van der Waals surface area contributed by atoms with Crippen molar-refractivity contribution in [1.29, 1.82) is 0 Å². The average Bonchev–Trinajstić information content (AvgIpc) is 2.58. The summed E-state index contributed by atoms with van der Waals surface area (Å²) in [7, 11) is 1.56. The lowest BCUT2D eigenvalue weighted by Crippen LogP contribution is -2.38. The van der Waals surface area contributed by atoms with E-state index in [-0.39, 0.29) is 0 Å². The van der Waals surface area contributed by atoms with E-state index in [1.807, 2.05) is 13.8 Å². The van der Waals surface area contributed by atoms with Crippen LogP contribution in [0.2, 0.25) is 0 Å². The zero-order valence-electron chi connectivity index (χ0n) is 7.93. The van der Waals surface area contributed by atoms with Crippen LogP contribution in [0.5, 0.6) is 0 Å². The van der Waals surface area contributed by atoms with Crippen LogP contribution in [0.15, 0.2) is 23.9 Å². The number of hydrogen-bond acceptors (Lipinski definition) is 4. The van der Waals surface area contributed by atoms with Gasteiger partial charge in [0.1, 0.15) is 11.9 Å². The summed E-state index contributed by atoms with van der Waals surface area (Å²) in [4.78, 5) is 3.85. The summed E-state index contributed by atoms with van der Waals surface area (Å²) in [5, 5.41) is 12.0. The topological polar surface area (TPSA) is 59.6 Å². The van der Waals surface area contributed by atoms with E-state index in [9.17, 15) is 0 Å². The van der Waals surface area contributed by atoms with Gasteiger partial charge in [0.15, 0.2) is 5.84 Å².